The molecule has 1 heterocycles. The maximum atomic E-state index is 5.86. The lowest BCUT2D eigenvalue weighted by molar-refractivity contribution is -0.946. The third-order valence-corrected chi connectivity index (χ3v) is 4.44. The first-order valence-corrected chi connectivity index (χ1v) is 8.03. The topological polar surface area (TPSA) is 9.23 Å². The summed E-state index contributed by atoms with van der Waals surface area (Å²) >= 11 is 0. The Morgan fingerprint density at radius 2 is 1.55 bits per heavy atom. The van der Waals surface area contributed by atoms with E-state index in [2.05, 4.69) is 67.7 Å². The van der Waals surface area contributed by atoms with Gasteiger partial charge in [-0.15, -0.1) is 0 Å². The molecule has 114 valence electrons. The van der Waals surface area contributed by atoms with Gasteiger partial charge in [0.05, 0.1) is 20.1 Å². The monoisotopic (exact) mass is 294 g/mol. The zero-order valence-corrected chi connectivity index (χ0v) is 13.2. The number of quaternary nitrogens is 1. The van der Waals surface area contributed by atoms with E-state index in [1.54, 1.807) is 0 Å². The average Bonchev–Trinajstić information content (AvgIpc) is 2.53. The van der Waals surface area contributed by atoms with Crippen molar-refractivity contribution < 1.29 is 9.22 Å². The van der Waals surface area contributed by atoms with E-state index >= 15 is 0 Å². The van der Waals surface area contributed by atoms with Crippen molar-refractivity contribution in [1.82, 2.24) is 0 Å². The van der Waals surface area contributed by atoms with E-state index < -0.39 is 0 Å². The largest absolute Gasteiger partial charge is 0.488 e. The molecule has 0 unspecified atom stereocenters. The van der Waals surface area contributed by atoms with Crippen LogP contribution in [0.15, 0.2) is 54.6 Å². The molecule has 0 radical (unpaired) electrons. The normalized spacial score (nSPS) is 16.4. The van der Waals surface area contributed by atoms with Gasteiger partial charge in [0, 0.05) is 6.42 Å². The van der Waals surface area contributed by atoms with Crippen molar-refractivity contribution in [2.75, 3.05) is 33.3 Å². The Balaban J connectivity index is 1.50. The van der Waals surface area contributed by atoms with Crippen LogP contribution in [-0.2, 0) is 0 Å². The summed E-state index contributed by atoms with van der Waals surface area (Å²) in [5, 5.41) is 0. The minimum absolute atomic E-state index is 0.801. The average molecular weight is 294 g/mol. The van der Waals surface area contributed by atoms with Crippen LogP contribution < -0.4 is 4.74 Å². The number of hydrogen-bond donors (Lipinski definition) is 0. The van der Waals surface area contributed by atoms with Crippen molar-refractivity contribution in [3.63, 3.8) is 0 Å². The number of ether oxygens (including phenoxy) is 1. The minimum Gasteiger partial charge on any atom is -0.488 e. The SMILES string of the molecule is C[N+]1(CCOc2ccc(C=Cc3ccccc3)cc2)CCC1. The van der Waals surface area contributed by atoms with E-state index in [0.717, 1.165) is 23.4 Å². The first kappa shape index (κ1) is 14.9. The Kier molecular flexibility index (Phi) is 4.59. The van der Waals surface area contributed by atoms with Crippen LogP contribution in [0.4, 0.5) is 0 Å². The van der Waals surface area contributed by atoms with Gasteiger partial charge in [0.15, 0.2) is 0 Å². The molecule has 2 heteroatoms. The van der Waals surface area contributed by atoms with Crippen molar-refractivity contribution in [3.8, 4) is 5.75 Å². The highest BCUT2D eigenvalue weighted by molar-refractivity contribution is 5.69. The number of likely N-dealkylation sites (tertiary alicyclic amines) is 1. The molecular weight excluding hydrogens is 270 g/mol. The van der Waals surface area contributed by atoms with Crippen molar-refractivity contribution in [1.29, 1.82) is 0 Å². The molecule has 1 fully saturated rings. The molecule has 0 N–H and O–H groups in total. The molecule has 0 atom stereocenters. The van der Waals surface area contributed by atoms with Crippen LogP contribution in [0.2, 0.25) is 0 Å². The fraction of sp³-hybridized carbons (Fsp3) is 0.300. The van der Waals surface area contributed by atoms with Gasteiger partial charge in [-0.2, -0.15) is 0 Å². The fourth-order valence-electron chi connectivity index (χ4n) is 2.74. The Hall–Kier alpha value is -2.06. The first-order chi connectivity index (χ1) is 10.7. The van der Waals surface area contributed by atoms with Gasteiger partial charge >= 0.3 is 0 Å². The predicted octanol–water partition coefficient (Wildman–Crippen LogP) is 4.09. The van der Waals surface area contributed by atoms with Gasteiger partial charge in [0.25, 0.3) is 0 Å². The van der Waals surface area contributed by atoms with Crippen LogP contribution in [0.1, 0.15) is 17.5 Å². The number of benzene rings is 2. The number of hydrogen-bond acceptors (Lipinski definition) is 1. The molecule has 0 aromatic heterocycles. The van der Waals surface area contributed by atoms with E-state index in [1.807, 2.05) is 6.07 Å². The second-order valence-electron chi connectivity index (χ2n) is 6.31. The van der Waals surface area contributed by atoms with Crippen LogP contribution in [0.5, 0.6) is 5.75 Å². The molecule has 1 saturated heterocycles. The summed E-state index contributed by atoms with van der Waals surface area (Å²) in [6.45, 7) is 4.50. The van der Waals surface area contributed by atoms with Crippen LogP contribution >= 0.6 is 0 Å². The summed E-state index contributed by atoms with van der Waals surface area (Å²) in [7, 11) is 2.31. The number of rotatable bonds is 6. The Bertz CT molecular complexity index is 612. The van der Waals surface area contributed by atoms with E-state index in [9.17, 15) is 0 Å². The molecule has 2 aromatic carbocycles. The fourth-order valence-corrected chi connectivity index (χ4v) is 2.74. The first-order valence-electron chi connectivity index (χ1n) is 8.03. The zero-order chi connectivity index (χ0) is 15.3. The maximum Gasteiger partial charge on any atom is 0.137 e. The third-order valence-electron chi connectivity index (χ3n) is 4.44. The lowest BCUT2D eigenvalue weighted by atomic mass is 10.1. The highest BCUT2D eigenvalue weighted by atomic mass is 16.5. The van der Waals surface area contributed by atoms with Crippen LogP contribution in [-0.4, -0.2) is 37.8 Å². The molecule has 0 spiro atoms. The molecule has 22 heavy (non-hydrogen) atoms. The van der Waals surface area contributed by atoms with Crippen molar-refractivity contribution in [3.05, 3.63) is 65.7 Å². The van der Waals surface area contributed by atoms with E-state index in [4.69, 9.17) is 4.74 Å². The Labute approximate surface area is 133 Å². The summed E-state index contributed by atoms with van der Waals surface area (Å²) in [6, 6.07) is 18.7. The summed E-state index contributed by atoms with van der Waals surface area (Å²) in [5.41, 5.74) is 2.41. The molecule has 2 aromatic rings. The highest BCUT2D eigenvalue weighted by Gasteiger charge is 2.29. The van der Waals surface area contributed by atoms with Gasteiger partial charge in [-0.25, -0.2) is 0 Å². The molecule has 3 rings (SSSR count). The molecule has 1 aliphatic rings. The van der Waals surface area contributed by atoms with Gasteiger partial charge in [0.2, 0.25) is 0 Å². The zero-order valence-electron chi connectivity index (χ0n) is 13.2. The van der Waals surface area contributed by atoms with Crippen molar-refractivity contribution in [2.24, 2.45) is 0 Å². The molecular formula is C20H24NO+. The van der Waals surface area contributed by atoms with Gasteiger partial charge in [0.1, 0.15) is 18.9 Å². The smallest absolute Gasteiger partial charge is 0.137 e. The third kappa shape index (κ3) is 3.99. The van der Waals surface area contributed by atoms with Gasteiger partial charge in [-0.1, -0.05) is 54.6 Å². The van der Waals surface area contributed by atoms with Crippen molar-refractivity contribution >= 4 is 12.2 Å². The van der Waals surface area contributed by atoms with E-state index in [-0.39, 0.29) is 0 Å². The molecule has 0 aliphatic carbocycles. The van der Waals surface area contributed by atoms with Gasteiger partial charge in [-0.3, -0.25) is 0 Å². The molecule has 0 amide bonds. The molecule has 2 nitrogen and oxygen atoms in total. The second kappa shape index (κ2) is 6.80. The minimum atomic E-state index is 0.801. The maximum absolute atomic E-state index is 5.86. The van der Waals surface area contributed by atoms with Crippen molar-refractivity contribution in [2.45, 2.75) is 6.42 Å². The molecule has 0 saturated carbocycles. The predicted molar refractivity (Wildman–Crippen MR) is 92.7 cm³/mol. The molecule has 1 aliphatic heterocycles. The summed E-state index contributed by atoms with van der Waals surface area (Å²) in [5.74, 6) is 0.962. The standard InChI is InChI=1S/C20H24NO/c1-21(14-5-15-21)16-17-22-20-12-10-19(11-13-20)9-8-18-6-3-2-4-7-18/h2-4,6-13H,5,14-17H2,1H3/q+1. The second-order valence-corrected chi connectivity index (χ2v) is 6.31. The number of nitrogens with zero attached hydrogens (tertiary/aromatic N) is 1. The summed E-state index contributed by atoms with van der Waals surface area (Å²) in [4.78, 5) is 0. The summed E-state index contributed by atoms with van der Waals surface area (Å²) < 4.78 is 7.02. The van der Waals surface area contributed by atoms with Gasteiger partial charge in [-0.05, 0) is 23.3 Å². The quantitative estimate of drug-likeness (QED) is 0.576. The van der Waals surface area contributed by atoms with E-state index in [0.29, 0.717) is 0 Å². The van der Waals surface area contributed by atoms with E-state index in [1.165, 1.54) is 30.6 Å². The summed E-state index contributed by atoms with van der Waals surface area (Å²) in [6.07, 6.45) is 5.62. The number of likely N-dealkylation sites (N-methyl/N-ethyl adjacent to an activating group) is 1. The Morgan fingerprint density at radius 3 is 2.14 bits per heavy atom. The Morgan fingerprint density at radius 1 is 0.909 bits per heavy atom. The van der Waals surface area contributed by atoms with Crippen LogP contribution in [0.3, 0.4) is 0 Å². The lowest BCUT2D eigenvalue weighted by Crippen LogP contribution is -2.56. The van der Waals surface area contributed by atoms with Gasteiger partial charge < -0.3 is 9.22 Å². The molecule has 0 bridgehead atoms. The highest BCUT2D eigenvalue weighted by Crippen LogP contribution is 2.18. The van der Waals surface area contributed by atoms with Crippen LogP contribution in [0.25, 0.3) is 12.2 Å². The lowest BCUT2D eigenvalue weighted by Gasteiger charge is -2.41. The van der Waals surface area contributed by atoms with Crippen LogP contribution in [0, 0.1) is 0 Å².